The Morgan fingerprint density at radius 3 is 1.46 bits per heavy atom. The van der Waals surface area contributed by atoms with Gasteiger partial charge in [0, 0.05) is 112 Å². The second kappa shape index (κ2) is 38.5. The van der Waals surface area contributed by atoms with Crippen LogP contribution in [0.2, 0.25) is 0 Å². The van der Waals surface area contributed by atoms with Gasteiger partial charge in [-0.3, -0.25) is 33.9 Å². The van der Waals surface area contributed by atoms with Crippen molar-refractivity contribution in [2.75, 3.05) is 63.0 Å². The first kappa shape index (κ1) is 69.0. The highest BCUT2D eigenvalue weighted by atomic mass is 16.5. The summed E-state index contributed by atoms with van der Waals surface area (Å²) in [6, 6.07) is 13.5. The molecule has 74 heavy (non-hydrogen) atoms. The number of rotatable bonds is 15. The molecule has 2 saturated heterocycles. The average molecular weight is 1040 g/mol. The lowest BCUT2D eigenvalue weighted by Gasteiger charge is -2.35. The second-order valence-electron chi connectivity index (χ2n) is 21.1. The smallest absolute Gasteiger partial charge is 0.226 e. The van der Waals surface area contributed by atoms with E-state index in [2.05, 4.69) is 55.2 Å². The lowest BCUT2D eigenvalue weighted by Crippen LogP contribution is -2.48. The molecule has 2 atom stereocenters. The Balaban J connectivity index is 0.000000883. The second-order valence-corrected chi connectivity index (χ2v) is 21.1. The van der Waals surface area contributed by atoms with Crippen molar-refractivity contribution in [2.45, 2.75) is 167 Å². The van der Waals surface area contributed by atoms with Crippen LogP contribution >= 0.6 is 0 Å². The van der Waals surface area contributed by atoms with Crippen LogP contribution in [0.3, 0.4) is 0 Å². The number of carbonyl (C=O) groups is 5. The minimum absolute atomic E-state index is 0.00121. The monoisotopic (exact) mass is 1040 g/mol. The molecule has 0 spiro atoms. The molecule has 2 unspecified atom stereocenters. The fourth-order valence-corrected chi connectivity index (χ4v) is 6.61. The number of hydrogen-bond donors (Lipinski definition) is 8. The Kier molecular flexibility index (Phi) is 35.9. The summed E-state index contributed by atoms with van der Waals surface area (Å²) in [4.78, 5) is 65.0. The number of morpholine rings is 1. The topological polar surface area (TPSA) is 264 Å². The largest absolute Gasteiger partial charge is 0.393 e. The third-order valence-corrected chi connectivity index (χ3v) is 11.5. The minimum Gasteiger partial charge on any atom is -0.393 e. The Morgan fingerprint density at radius 1 is 0.662 bits per heavy atom. The maximum absolute atomic E-state index is 11.4. The molecule has 1 aromatic carbocycles. The zero-order valence-electron chi connectivity index (χ0n) is 47.8. The van der Waals surface area contributed by atoms with Crippen LogP contribution in [0.1, 0.15) is 134 Å². The number of carbonyl (C=O) groups excluding carboxylic acids is 5. The zero-order valence-corrected chi connectivity index (χ0v) is 47.8. The standard InChI is InChI=1S/C12H24N2O2.C11H22N2O2.C11H16N2O.C10H14N2O.C8H15NO2.C4H7N/c1-9(2)12(15)13-5-6-14-7-10(3)16-11(4)8-14;1-9(2)11(15)12-5-8-13-6-3-10(14)4-7-13;1-8(2)11(14)13-10-5-3-9(7-12)4-6-10;1-7(2)10(13)12-9-5-4-8(3)11-6-9;1-5(2)8(11)9-6-3-7(10)4-6;1-4(2)3-5/h9-11H,5-8H2,1-4H3,(H,13,15);9-10,14H,3-8H2,1-2H3,(H,12,15);3-6,8H,7,12H2,1-2H3,(H,13,14);4-7H,1-3H3,(H,12,13);5-7,10H,3-4H2,1-2H3,(H,9,11);4H,1-2H3. The van der Waals surface area contributed by atoms with Crippen LogP contribution in [-0.4, -0.2) is 137 Å². The molecule has 18 heteroatoms. The molecule has 9 N–H and O–H groups in total. The summed E-state index contributed by atoms with van der Waals surface area (Å²) in [7, 11) is 0. The van der Waals surface area contributed by atoms with Gasteiger partial charge in [-0.15, -0.1) is 0 Å². The predicted octanol–water partition coefficient (Wildman–Crippen LogP) is 6.26. The molecular formula is C56H98N10O8. The fraction of sp³-hybridized carbons (Fsp3) is 0.696. The Morgan fingerprint density at radius 2 is 1.08 bits per heavy atom. The number of piperidine rings is 1. The first-order valence-electron chi connectivity index (χ1n) is 26.7. The first-order chi connectivity index (χ1) is 34.7. The maximum atomic E-state index is 11.4. The van der Waals surface area contributed by atoms with Gasteiger partial charge in [0.2, 0.25) is 29.5 Å². The van der Waals surface area contributed by atoms with Gasteiger partial charge < -0.3 is 52.2 Å². The van der Waals surface area contributed by atoms with E-state index in [0.29, 0.717) is 25.3 Å². The maximum Gasteiger partial charge on any atom is 0.226 e. The highest BCUT2D eigenvalue weighted by Crippen LogP contribution is 2.19. The highest BCUT2D eigenvalue weighted by Gasteiger charge is 2.29. The van der Waals surface area contributed by atoms with Crippen molar-refractivity contribution in [3.8, 4) is 6.07 Å². The number of nitriles is 1. The van der Waals surface area contributed by atoms with Crippen LogP contribution in [0.15, 0.2) is 42.6 Å². The molecule has 5 rings (SSSR count). The number of ether oxygens (including phenoxy) is 1. The number of amides is 5. The van der Waals surface area contributed by atoms with Crippen LogP contribution in [0.5, 0.6) is 0 Å². The van der Waals surface area contributed by atoms with Crippen LogP contribution in [-0.2, 0) is 35.3 Å². The van der Waals surface area contributed by atoms with Crippen LogP contribution in [0.4, 0.5) is 11.4 Å². The number of anilines is 2. The van der Waals surface area contributed by atoms with E-state index in [9.17, 15) is 29.1 Å². The van der Waals surface area contributed by atoms with Crippen LogP contribution < -0.4 is 32.3 Å². The van der Waals surface area contributed by atoms with E-state index in [-0.39, 0.29) is 83.3 Å². The van der Waals surface area contributed by atoms with E-state index in [1.54, 1.807) is 6.20 Å². The van der Waals surface area contributed by atoms with Crippen molar-refractivity contribution >= 4 is 40.9 Å². The summed E-state index contributed by atoms with van der Waals surface area (Å²) in [5, 5.41) is 40.4. The molecule has 3 heterocycles. The summed E-state index contributed by atoms with van der Waals surface area (Å²) < 4.78 is 5.65. The van der Waals surface area contributed by atoms with Gasteiger partial charge in [0.05, 0.1) is 42.4 Å². The number of nitrogens with one attached hydrogen (secondary N) is 5. The zero-order chi connectivity index (χ0) is 56.5. The van der Waals surface area contributed by atoms with Crippen LogP contribution in [0, 0.1) is 53.8 Å². The molecule has 0 radical (unpaired) electrons. The van der Waals surface area contributed by atoms with Gasteiger partial charge in [-0.05, 0) is 90.1 Å². The summed E-state index contributed by atoms with van der Waals surface area (Å²) in [5.41, 5.74) is 9.05. The molecule has 1 aromatic heterocycles. The minimum atomic E-state index is -0.188. The fourth-order valence-electron chi connectivity index (χ4n) is 6.61. The van der Waals surface area contributed by atoms with Crippen molar-refractivity contribution in [3.63, 3.8) is 0 Å². The van der Waals surface area contributed by atoms with Crippen molar-refractivity contribution in [3.05, 3.63) is 53.9 Å². The molecular weight excluding hydrogens is 941 g/mol. The Bertz CT molecular complexity index is 1900. The highest BCUT2D eigenvalue weighted by molar-refractivity contribution is 5.92. The van der Waals surface area contributed by atoms with Crippen molar-refractivity contribution in [1.82, 2.24) is 30.7 Å². The van der Waals surface area contributed by atoms with Gasteiger partial charge in [0.15, 0.2) is 0 Å². The molecule has 2 aliphatic heterocycles. The number of benzene rings is 1. The molecule has 5 amide bonds. The average Bonchev–Trinajstić information content (AvgIpc) is 3.33. The molecule has 0 bridgehead atoms. The summed E-state index contributed by atoms with van der Waals surface area (Å²) in [5.74, 6) is 0.767. The predicted molar refractivity (Wildman–Crippen MR) is 297 cm³/mol. The SMILES string of the molecule is CC(C)C#N.CC(C)C(=O)NC1CC(O)C1.CC(C)C(=O)NCCN1CCC(O)CC1.CC(C)C(=O)Nc1ccc(CN)cc1.CC1CN(CCNC(=O)C(C)C)CC(C)O1.Cc1ccc(NC(=O)C(C)C)cn1. The first-order valence-corrected chi connectivity index (χ1v) is 26.7. The number of nitrogens with two attached hydrogens (primary N) is 1. The third kappa shape index (κ3) is 33.7. The van der Waals surface area contributed by atoms with Gasteiger partial charge in [0.25, 0.3) is 0 Å². The summed E-state index contributed by atoms with van der Waals surface area (Å²) >= 11 is 0. The number of aryl methyl sites for hydroxylation is 1. The van der Waals surface area contributed by atoms with Crippen molar-refractivity contribution in [2.24, 2.45) is 41.2 Å². The molecule has 420 valence electrons. The van der Waals surface area contributed by atoms with Gasteiger partial charge >= 0.3 is 0 Å². The van der Waals surface area contributed by atoms with Crippen molar-refractivity contribution in [1.29, 1.82) is 5.26 Å². The Labute approximate surface area is 445 Å². The number of likely N-dealkylation sites (tertiary alicyclic amines) is 1. The van der Waals surface area contributed by atoms with Gasteiger partial charge in [-0.1, -0.05) is 81.4 Å². The lowest BCUT2D eigenvalue weighted by atomic mass is 9.89. The number of pyridine rings is 1. The van der Waals surface area contributed by atoms with Gasteiger partial charge in [0.1, 0.15) is 0 Å². The summed E-state index contributed by atoms with van der Waals surface area (Å²) in [6.45, 7) is 36.2. The van der Waals surface area contributed by atoms with Crippen molar-refractivity contribution < 1.29 is 38.9 Å². The normalized spacial score (nSPS) is 18.5. The van der Waals surface area contributed by atoms with E-state index in [0.717, 1.165) is 94.1 Å². The summed E-state index contributed by atoms with van der Waals surface area (Å²) in [6.07, 6.45) is 5.11. The van der Waals surface area contributed by atoms with Gasteiger partial charge in [-0.25, -0.2) is 0 Å². The molecule has 1 saturated carbocycles. The Hall–Kier alpha value is -5.03. The third-order valence-electron chi connectivity index (χ3n) is 11.5. The van der Waals surface area contributed by atoms with E-state index in [1.165, 1.54) is 0 Å². The quantitative estimate of drug-likeness (QED) is 0.0982. The number of aliphatic hydroxyl groups is 2. The number of nitrogens with zero attached hydrogens (tertiary/aromatic N) is 4. The van der Waals surface area contributed by atoms with E-state index >= 15 is 0 Å². The van der Waals surface area contributed by atoms with Gasteiger partial charge in [-0.2, -0.15) is 5.26 Å². The number of hydrogen-bond acceptors (Lipinski definition) is 13. The number of aromatic nitrogens is 1. The van der Waals surface area contributed by atoms with Crippen LogP contribution in [0.25, 0.3) is 0 Å². The molecule has 18 nitrogen and oxygen atoms in total. The molecule has 2 aromatic rings. The van der Waals surface area contributed by atoms with E-state index in [1.807, 2.05) is 132 Å². The molecule has 1 aliphatic carbocycles. The van der Waals surface area contributed by atoms with E-state index in [4.69, 9.17) is 20.8 Å². The molecule has 3 fully saturated rings. The molecule has 3 aliphatic rings. The van der Waals surface area contributed by atoms with E-state index < -0.39 is 0 Å². The lowest BCUT2D eigenvalue weighted by molar-refractivity contribution is -0.126. The number of aliphatic hydroxyl groups excluding tert-OH is 2.